The summed E-state index contributed by atoms with van der Waals surface area (Å²) < 4.78 is 7.35. The molecule has 0 radical (unpaired) electrons. The Morgan fingerprint density at radius 3 is 2.80 bits per heavy atom. The Morgan fingerprint density at radius 1 is 1.20 bits per heavy atom. The maximum Gasteiger partial charge on any atom is 0.233 e. The molecule has 0 saturated carbocycles. The van der Waals surface area contributed by atoms with Crippen LogP contribution in [0.4, 0.5) is 0 Å². The highest BCUT2D eigenvalue weighted by Crippen LogP contribution is 2.32. The van der Waals surface area contributed by atoms with Crippen molar-refractivity contribution in [1.29, 1.82) is 0 Å². The quantitative estimate of drug-likeness (QED) is 0.604. The van der Waals surface area contributed by atoms with Crippen molar-refractivity contribution in [2.75, 3.05) is 7.11 Å². The number of aromatic nitrogens is 3. The van der Waals surface area contributed by atoms with Gasteiger partial charge in [0.25, 0.3) is 0 Å². The molecule has 30 heavy (non-hydrogen) atoms. The van der Waals surface area contributed by atoms with Crippen LogP contribution in [0.3, 0.4) is 0 Å². The summed E-state index contributed by atoms with van der Waals surface area (Å²) in [5.41, 5.74) is 3.45. The Labute approximate surface area is 181 Å². The van der Waals surface area contributed by atoms with E-state index in [0.717, 1.165) is 30.6 Å². The van der Waals surface area contributed by atoms with E-state index in [1.165, 1.54) is 22.9 Å². The molecule has 4 rings (SSSR count). The molecule has 0 bridgehead atoms. The van der Waals surface area contributed by atoms with E-state index in [2.05, 4.69) is 33.7 Å². The van der Waals surface area contributed by atoms with Gasteiger partial charge in [-0.2, -0.15) is 0 Å². The number of carbonyl (C=O) groups excluding carboxylic acids is 1. The molecule has 1 aliphatic rings. The van der Waals surface area contributed by atoms with Crippen LogP contribution in [0.2, 0.25) is 0 Å². The van der Waals surface area contributed by atoms with E-state index in [9.17, 15) is 4.79 Å². The van der Waals surface area contributed by atoms with Gasteiger partial charge in [0, 0.05) is 7.05 Å². The topological polar surface area (TPSA) is 69.0 Å². The monoisotopic (exact) mass is 422 g/mol. The van der Waals surface area contributed by atoms with Crippen molar-refractivity contribution in [2.45, 2.75) is 42.6 Å². The average molecular weight is 423 g/mol. The van der Waals surface area contributed by atoms with E-state index in [1.54, 1.807) is 7.11 Å². The number of thioether (sulfide) groups is 1. The molecule has 0 saturated heterocycles. The SMILES string of the molecule is COc1ccccc1-c1nnc(SC(C)C(=O)NC2CCCc3ccccc32)n1C. The van der Waals surface area contributed by atoms with Gasteiger partial charge in [-0.15, -0.1) is 10.2 Å². The molecule has 3 aromatic rings. The molecule has 7 heteroatoms. The zero-order valence-electron chi connectivity index (χ0n) is 17.5. The number of ether oxygens (including phenoxy) is 1. The van der Waals surface area contributed by atoms with Crippen LogP contribution in [-0.4, -0.2) is 33.0 Å². The molecule has 1 aliphatic carbocycles. The number of rotatable bonds is 6. The number of carbonyl (C=O) groups is 1. The van der Waals surface area contributed by atoms with E-state index < -0.39 is 0 Å². The molecule has 6 nitrogen and oxygen atoms in total. The number of methoxy groups -OCH3 is 1. The van der Waals surface area contributed by atoms with Crippen molar-refractivity contribution in [2.24, 2.45) is 7.05 Å². The lowest BCUT2D eigenvalue weighted by Crippen LogP contribution is -2.36. The molecule has 0 aliphatic heterocycles. The molecular weight excluding hydrogens is 396 g/mol. The minimum absolute atomic E-state index is 0.0172. The first-order valence-electron chi connectivity index (χ1n) is 10.2. The maximum atomic E-state index is 12.9. The standard InChI is InChI=1S/C23H26N4O2S/c1-15(22(28)24-19-13-8-10-16-9-4-5-11-17(16)19)30-23-26-25-21(27(23)2)18-12-6-7-14-20(18)29-3/h4-7,9,11-12,14-15,19H,8,10,13H2,1-3H3,(H,24,28). The molecule has 2 atom stereocenters. The summed E-state index contributed by atoms with van der Waals surface area (Å²) in [6.45, 7) is 1.91. The first-order valence-corrected chi connectivity index (χ1v) is 11.0. The summed E-state index contributed by atoms with van der Waals surface area (Å²) >= 11 is 1.41. The summed E-state index contributed by atoms with van der Waals surface area (Å²) in [7, 11) is 3.55. The van der Waals surface area contributed by atoms with Crippen LogP contribution in [0.1, 0.15) is 36.9 Å². The van der Waals surface area contributed by atoms with Crippen LogP contribution in [0.5, 0.6) is 5.75 Å². The zero-order valence-corrected chi connectivity index (χ0v) is 18.3. The van der Waals surface area contributed by atoms with Crippen molar-refractivity contribution >= 4 is 17.7 Å². The van der Waals surface area contributed by atoms with Crippen LogP contribution < -0.4 is 10.1 Å². The minimum atomic E-state index is -0.285. The Balaban J connectivity index is 1.47. The van der Waals surface area contributed by atoms with E-state index in [0.29, 0.717) is 11.0 Å². The molecule has 0 spiro atoms. The number of hydrogen-bond donors (Lipinski definition) is 1. The minimum Gasteiger partial charge on any atom is -0.496 e. The van der Waals surface area contributed by atoms with E-state index in [1.807, 2.05) is 48.9 Å². The van der Waals surface area contributed by atoms with Crippen LogP contribution in [0.15, 0.2) is 53.7 Å². The molecule has 1 amide bonds. The Hall–Kier alpha value is -2.80. The Bertz CT molecular complexity index is 1050. The second-order valence-corrected chi connectivity index (χ2v) is 8.79. The first kappa shape index (κ1) is 20.5. The lowest BCUT2D eigenvalue weighted by Gasteiger charge is -2.27. The molecule has 1 N–H and O–H groups in total. The fourth-order valence-corrected chi connectivity index (χ4v) is 4.71. The number of para-hydroxylation sites is 1. The molecular formula is C23H26N4O2S. The largest absolute Gasteiger partial charge is 0.496 e. The summed E-state index contributed by atoms with van der Waals surface area (Å²) in [4.78, 5) is 12.9. The highest BCUT2D eigenvalue weighted by molar-refractivity contribution is 8.00. The van der Waals surface area contributed by atoms with E-state index in [4.69, 9.17) is 4.74 Å². The van der Waals surface area contributed by atoms with Crippen molar-refractivity contribution in [3.8, 4) is 17.1 Å². The fraction of sp³-hybridized carbons (Fsp3) is 0.348. The third-order valence-electron chi connectivity index (χ3n) is 5.52. The molecule has 0 fully saturated rings. The Kier molecular flexibility index (Phi) is 6.08. The number of amides is 1. The molecule has 2 unspecified atom stereocenters. The van der Waals surface area contributed by atoms with Gasteiger partial charge in [-0.3, -0.25) is 4.79 Å². The number of nitrogens with zero attached hydrogens (tertiary/aromatic N) is 3. The lowest BCUT2D eigenvalue weighted by atomic mass is 9.88. The third kappa shape index (κ3) is 4.07. The summed E-state index contributed by atoms with van der Waals surface area (Å²) in [5.74, 6) is 1.47. The number of benzene rings is 2. The summed E-state index contributed by atoms with van der Waals surface area (Å²) in [6.07, 6.45) is 3.15. The Morgan fingerprint density at radius 2 is 1.97 bits per heavy atom. The van der Waals surface area contributed by atoms with Crippen molar-refractivity contribution < 1.29 is 9.53 Å². The summed E-state index contributed by atoms with van der Waals surface area (Å²) in [5, 5.41) is 12.3. The smallest absolute Gasteiger partial charge is 0.233 e. The van der Waals surface area contributed by atoms with E-state index >= 15 is 0 Å². The van der Waals surface area contributed by atoms with Crippen LogP contribution in [0, 0.1) is 0 Å². The van der Waals surface area contributed by atoms with Gasteiger partial charge < -0.3 is 14.6 Å². The average Bonchev–Trinajstić information content (AvgIpc) is 3.13. The van der Waals surface area contributed by atoms with Gasteiger partial charge in [0.2, 0.25) is 5.91 Å². The molecule has 2 aromatic carbocycles. The van der Waals surface area contributed by atoms with Gasteiger partial charge in [-0.1, -0.05) is 48.2 Å². The highest BCUT2D eigenvalue weighted by atomic mass is 32.2. The fourth-order valence-electron chi connectivity index (χ4n) is 3.89. The van der Waals surface area contributed by atoms with Crippen LogP contribution >= 0.6 is 11.8 Å². The third-order valence-corrected chi connectivity index (χ3v) is 6.65. The van der Waals surface area contributed by atoms with Crippen molar-refractivity contribution in [3.63, 3.8) is 0 Å². The molecule has 1 heterocycles. The van der Waals surface area contributed by atoms with Crippen LogP contribution in [-0.2, 0) is 18.3 Å². The van der Waals surface area contributed by atoms with Gasteiger partial charge in [0.05, 0.1) is 24.0 Å². The number of fused-ring (bicyclic) bond motifs is 1. The summed E-state index contributed by atoms with van der Waals surface area (Å²) in [6, 6.07) is 16.2. The van der Waals surface area contributed by atoms with Gasteiger partial charge in [0.15, 0.2) is 11.0 Å². The molecule has 1 aromatic heterocycles. The highest BCUT2D eigenvalue weighted by Gasteiger charge is 2.25. The second kappa shape index (κ2) is 8.92. The van der Waals surface area contributed by atoms with Gasteiger partial charge in [-0.05, 0) is 49.4 Å². The van der Waals surface area contributed by atoms with Crippen molar-refractivity contribution in [1.82, 2.24) is 20.1 Å². The zero-order chi connectivity index (χ0) is 21.1. The number of aryl methyl sites for hydroxylation is 1. The maximum absolute atomic E-state index is 12.9. The number of nitrogens with one attached hydrogen (secondary N) is 1. The van der Waals surface area contributed by atoms with Gasteiger partial charge in [-0.25, -0.2) is 0 Å². The van der Waals surface area contributed by atoms with Crippen LogP contribution in [0.25, 0.3) is 11.4 Å². The molecule has 156 valence electrons. The normalized spacial score (nSPS) is 16.6. The lowest BCUT2D eigenvalue weighted by molar-refractivity contribution is -0.121. The van der Waals surface area contributed by atoms with E-state index in [-0.39, 0.29) is 17.2 Å². The predicted molar refractivity (Wildman–Crippen MR) is 119 cm³/mol. The second-order valence-electron chi connectivity index (χ2n) is 7.48. The number of hydrogen-bond acceptors (Lipinski definition) is 5. The van der Waals surface area contributed by atoms with Crippen molar-refractivity contribution in [3.05, 3.63) is 59.7 Å². The van der Waals surface area contributed by atoms with Gasteiger partial charge >= 0.3 is 0 Å². The first-order chi connectivity index (χ1) is 14.6. The predicted octanol–water partition coefficient (Wildman–Crippen LogP) is 4.17. The van der Waals surface area contributed by atoms with Gasteiger partial charge in [0.1, 0.15) is 5.75 Å².